The van der Waals surface area contributed by atoms with Crippen molar-refractivity contribution in [2.75, 3.05) is 12.9 Å². The van der Waals surface area contributed by atoms with Gasteiger partial charge in [0.1, 0.15) is 5.76 Å². The average molecular weight is 283 g/mol. The first kappa shape index (κ1) is 14.5. The van der Waals surface area contributed by atoms with Crippen molar-refractivity contribution >= 4 is 17.7 Å². The van der Waals surface area contributed by atoms with E-state index in [9.17, 15) is 4.79 Å². The van der Waals surface area contributed by atoms with Gasteiger partial charge in [-0.1, -0.05) is 6.92 Å². The van der Waals surface area contributed by atoms with E-state index in [0.717, 1.165) is 11.0 Å². The molecule has 1 aromatic heterocycles. The van der Waals surface area contributed by atoms with E-state index in [1.165, 1.54) is 32.1 Å². The molecule has 1 heterocycles. The van der Waals surface area contributed by atoms with Crippen LogP contribution in [-0.2, 0) is 11.3 Å². The van der Waals surface area contributed by atoms with Gasteiger partial charge in [-0.3, -0.25) is 0 Å². The van der Waals surface area contributed by atoms with Crippen LogP contribution in [0.25, 0.3) is 0 Å². The first-order chi connectivity index (χ1) is 9.22. The second-order valence-electron chi connectivity index (χ2n) is 4.73. The normalized spacial score (nSPS) is 22.6. The summed E-state index contributed by atoms with van der Waals surface area (Å²) >= 11 is 2.05. The number of thioether (sulfide) groups is 1. The lowest BCUT2D eigenvalue weighted by atomic mass is 10.2. The van der Waals surface area contributed by atoms with Gasteiger partial charge in [0, 0.05) is 11.3 Å². The van der Waals surface area contributed by atoms with Crippen LogP contribution >= 0.6 is 11.8 Å². The molecule has 0 radical (unpaired) electrons. The molecule has 1 saturated carbocycles. The van der Waals surface area contributed by atoms with E-state index >= 15 is 0 Å². The predicted octanol–water partition coefficient (Wildman–Crippen LogP) is 2.83. The second kappa shape index (κ2) is 7.01. The molecule has 1 aromatic rings. The Bertz CT molecular complexity index is 419. The number of ether oxygens (including phenoxy) is 1. The van der Waals surface area contributed by atoms with Crippen LogP contribution in [0.4, 0.5) is 0 Å². The highest BCUT2D eigenvalue weighted by Gasteiger charge is 2.24. The maximum Gasteiger partial charge on any atom is 0.373 e. The van der Waals surface area contributed by atoms with Gasteiger partial charge in [-0.15, -0.1) is 0 Å². The molecule has 1 aliphatic rings. The standard InChI is InChI=1S/C14H21NO3S/c1-3-19-12-6-4-10(8-12)15-9-11-5-7-13(18-11)14(16)17-2/h5,7,10,12,15H,3-4,6,8-9H2,1-2H3. The Kier molecular flexibility index (Phi) is 5.34. The third kappa shape index (κ3) is 4.01. The van der Waals surface area contributed by atoms with Crippen molar-refractivity contribution in [3.8, 4) is 0 Å². The van der Waals surface area contributed by atoms with Crippen molar-refractivity contribution in [3.63, 3.8) is 0 Å². The van der Waals surface area contributed by atoms with Crippen LogP contribution < -0.4 is 5.32 Å². The smallest absolute Gasteiger partial charge is 0.373 e. The number of hydrogen-bond donors (Lipinski definition) is 1. The summed E-state index contributed by atoms with van der Waals surface area (Å²) < 4.78 is 10.0. The zero-order valence-corrected chi connectivity index (χ0v) is 12.3. The number of methoxy groups -OCH3 is 1. The zero-order chi connectivity index (χ0) is 13.7. The molecule has 0 saturated heterocycles. The Morgan fingerprint density at radius 1 is 1.53 bits per heavy atom. The van der Waals surface area contributed by atoms with Crippen LogP contribution in [-0.4, -0.2) is 30.1 Å². The molecule has 0 spiro atoms. The minimum atomic E-state index is -0.425. The number of carbonyl (C=O) groups excluding carboxylic acids is 1. The lowest BCUT2D eigenvalue weighted by molar-refractivity contribution is 0.0563. The second-order valence-corrected chi connectivity index (χ2v) is 6.30. The molecule has 0 amide bonds. The molecule has 2 atom stereocenters. The molecule has 4 nitrogen and oxygen atoms in total. The highest BCUT2D eigenvalue weighted by Crippen LogP contribution is 2.29. The molecule has 1 aliphatic carbocycles. The average Bonchev–Trinajstić information content (AvgIpc) is 3.05. The summed E-state index contributed by atoms with van der Waals surface area (Å²) in [7, 11) is 1.35. The van der Waals surface area contributed by atoms with Gasteiger partial charge in [-0.05, 0) is 37.1 Å². The summed E-state index contributed by atoms with van der Waals surface area (Å²) in [4.78, 5) is 11.3. The highest BCUT2D eigenvalue weighted by atomic mass is 32.2. The molecule has 0 aliphatic heterocycles. The molecule has 106 valence electrons. The quantitative estimate of drug-likeness (QED) is 0.814. The third-order valence-corrected chi connectivity index (χ3v) is 4.63. The molecule has 0 aromatic carbocycles. The largest absolute Gasteiger partial charge is 0.463 e. The third-order valence-electron chi connectivity index (χ3n) is 3.40. The van der Waals surface area contributed by atoms with E-state index in [1.54, 1.807) is 6.07 Å². The van der Waals surface area contributed by atoms with Gasteiger partial charge in [0.05, 0.1) is 13.7 Å². The Balaban J connectivity index is 1.77. The first-order valence-electron chi connectivity index (χ1n) is 6.75. The monoisotopic (exact) mass is 283 g/mol. The number of esters is 1. The molecule has 1 fully saturated rings. The van der Waals surface area contributed by atoms with Gasteiger partial charge in [-0.2, -0.15) is 11.8 Å². The Hall–Kier alpha value is -0.940. The number of nitrogens with one attached hydrogen (secondary N) is 1. The minimum absolute atomic E-state index is 0.269. The van der Waals surface area contributed by atoms with Crippen molar-refractivity contribution in [1.82, 2.24) is 5.32 Å². The summed E-state index contributed by atoms with van der Waals surface area (Å²) in [6, 6.07) is 4.05. The van der Waals surface area contributed by atoms with Gasteiger partial charge < -0.3 is 14.5 Å². The van der Waals surface area contributed by atoms with Crippen molar-refractivity contribution < 1.29 is 13.9 Å². The van der Waals surface area contributed by atoms with Gasteiger partial charge >= 0.3 is 5.97 Å². The fourth-order valence-corrected chi connectivity index (χ4v) is 3.58. The molecule has 1 N–H and O–H groups in total. The van der Waals surface area contributed by atoms with E-state index in [-0.39, 0.29) is 5.76 Å². The van der Waals surface area contributed by atoms with Crippen LogP contribution in [0.15, 0.2) is 16.5 Å². The number of rotatable bonds is 6. The molecule has 19 heavy (non-hydrogen) atoms. The summed E-state index contributed by atoms with van der Waals surface area (Å²) in [5.41, 5.74) is 0. The van der Waals surface area contributed by atoms with Crippen molar-refractivity contribution in [3.05, 3.63) is 23.7 Å². The maximum absolute atomic E-state index is 11.3. The molecule has 5 heteroatoms. The fraction of sp³-hybridized carbons (Fsp3) is 0.643. The fourth-order valence-electron chi connectivity index (χ4n) is 2.44. The Morgan fingerprint density at radius 3 is 3.11 bits per heavy atom. The van der Waals surface area contributed by atoms with Gasteiger partial charge in [0.2, 0.25) is 5.76 Å². The van der Waals surface area contributed by atoms with Crippen molar-refractivity contribution in [2.45, 2.75) is 44.0 Å². The van der Waals surface area contributed by atoms with E-state index < -0.39 is 5.97 Å². The van der Waals surface area contributed by atoms with Gasteiger partial charge in [0.15, 0.2) is 0 Å². The van der Waals surface area contributed by atoms with Gasteiger partial charge in [0.25, 0.3) is 0 Å². The zero-order valence-electron chi connectivity index (χ0n) is 11.5. The van der Waals surface area contributed by atoms with Crippen LogP contribution in [0.1, 0.15) is 42.5 Å². The minimum Gasteiger partial charge on any atom is -0.463 e. The highest BCUT2D eigenvalue weighted by molar-refractivity contribution is 7.99. The number of hydrogen-bond acceptors (Lipinski definition) is 5. The topological polar surface area (TPSA) is 51.5 Å². The Labute approximate surface area is 118 Å². The van der Waals surface area contributed by atoms with Crippen LogP contribution in [0, 0.1) is 0 Å². The van der Waals surface area contributed by atoms with Crippen LogP contribution in [0.3, 0.4) is 0 Å². The maximum atomic E-state index is 11.3. The predicted molar refractivity (Wildman–Crippen MR) is 76.4 cm³/mol. The summed E-state index contributed by atoms with van der Waals surface area (Å²) in [5.74, 6) is 1.82. The van der Waals surface area contributed by atoms with Crippen LogP contribution in [0.5, 0.6) is 0 Å². The summed E-state index contributed by atoms with van der Waals surface area (Å²) in [5, 5.41) is 4.29. The van der Waals surface area contributed by atoms with Gasteiger partial charge in [-0.25, -0.2) is 4.79 Å². The molecule has 2 unspecified atom stereocenters. The lowest BCUT2D eigenvalue weighted by Crippen LogP contribution is -2.25. The van der Waals surface area contributed by atoms with E-state index in [1.807, 2.05) is 6.07 Å². The summed E-state index contributed by atoms with van der Waals surface area (Å²) in [6.45, 7) is 2.88. The number of carbonyl (C=O) groups is 1. The van der Waals surface area contributed by atoms with Crippen molar-refractivity contribution in [2.24, 2.45) is 0 Å². The molecule has 2 rings (SSSR count). The van der Waals surface area contributed by atoms with E-state index in [4.69, 9.17) is 4.42 Å². The summed E-state index contributed by atoms with van der Waals surface area (Å²) in [6.07, 6.45) is 3.74. The lowest BCUT2D eigenvalue weighted by Gasteiger charge is -2.11. The van der Waals surface area contributed by atoms with Crippen LogP contribution in [0.2, 0.25) is 0 Å². The molecule has 0 bridgehead atoms. The SMILES string of the molecule is CCSC1CCC(NCc2ccc(C(=O)OC)o2)C1. The molecular formula is C14H21NO3S. The first-order valence-corrected chi connectivity index (χ1v) is 7.79. The Morgan fingerprint density at radius 2 is 2.37 bits per heavy atom. The number of furan rings is 1. The molecular weight excluding hydrogens is 262 g/mol. The van der Waals surface area contributed by atoms with E-state index in [2.05, 4.69) is 28.7 Å². The van der Waals surface area contributed by atoms with Crippen molar-refractivity contribution in [1.29, 1.82) is 0 Å². The van der Waals surface area contributed by atoms with E-state index in [0.29, 0.717) is 12.6 Å².